The van der Waals surface area contributed by atoms with E-state index < -0.39 is 40.8 Å². The number of rotatable bonds is 3. The molecule has 0 heterocycles. The van der Waals surface area contributed by atoms with Gasteiger partial charge in [-0.15, -0.1) is 12.6 Å². The third-order valence-corrected chi connectivity index (χ3v) is 3.07. The average molecular weight is 333 g/mol. The zero-order chi connectivity index (χ0) is 16.5. The fourth-order valence-electron chi connectivity index (χ4n) is 1.31. The van der Waals surface area contributed by atoms with E-state index in [4.69, 9.17) is 5.26 Å². The Morgan fingerprint density at radius 1 is 1.10 bits per heavy atom. The summed E-state index contributed by atoms with van der Waals surface area (Å²) < 4.78 is 92.2. The molecular formula is C11H6F7NOS. The highest BCUT2D eigenvalue weighted by molar-refractivity contribution is 7.81. The molecule has 0 saturated heterocycles. The van der Waals surface area contributed by atoms with Crippen LogP contribution in [0.2, 0.25) is 0 Å². The number of benzene rings is 1. The van der Waals surface area contributed by atoms with Crippen molar-refractivity contribution in [3.63, 3.8) is 0 Å². The van der Waals surface area contributed by atoms with E-state index in [2.05, 4.69) is 17.4 Å². The second-order valence-electron chi connectivity index (χ2n) is 3.81. The van der Waals surface area contributed by atoms with E-state index in [0.29, 0.717) is 0 Å². The molecule has 0 radical (unpaired) electrons. The maximum Gasteiger partial charge on any atom is 0.436 e. The van der Waals surface area contributed by atoms with Crippen LogP contribution in [0.25, 0.3) is 0 Å². The summed E-state index contributed by atoms with van der Waals surface area (Å²) in [5.74, 6) is -1.16. The Morgan fingerprint density at radius 2 is 1.62 bits per heavy atom. The molecule has 10 heteroatoms. The molecule has 0 N–H and O–H groups in total. The van der Waals surface area contributed by atoms with Gasteiger partial charge in [0.1, 0.15) is 5.82 Å². The van der Waals surface area contributed by atoms with E-state index in [9.17, 15) is 30.7 Å². The van der Waals surface area contributed by atoms with Crippen LogP contribution in [0, 0.1) is 17.1 Å². The monoisotopic (exact) mass is 333 g/mol. The summed E-state index contributed by atoms with van der Waals surface area (Å²) in [6.07, 6.45) is -11.8. The Balaban J connectivity index is 3.14. The predicted molar refractivity (Wildman–Crippen MR) is 59.7 cm³/mol. The lowest BCUT2D eigenvalue weighted by Crippen LogP contribution is -2.54. The zero-order valence-electron chi connectivity index (χ0n) is 9.89. The standard InChI is InChI=1S/C11H6F7NOS/c12-8-3-1-2-6(4-19)7(8)5-20-9(21,10(13,14)15)11(16,17)18/h1-3,21H,5H2. The first-order valence-corrected chi connectivity index (χ1v) is 5.56. The lowest BCUT2D eigenvalue weighted by molar-refractivity contribution is -0.342. The van der Waals surface area contributed by atoms with E-state index in [1.54, 1.807) is 0 Å². The minimum Gasteiger partial charge on any atom is -0.344 e. The molecule has 0 aliphatic heterocycles. The number of halogens is 7. The van der Waals surface area contributed by atoms with Crippen LogP contribution in [0.15, 0.2) is 18.2 Å². The zero-order valence-corrected chi connectivity index (χ0v) is 10.8. The lowest BCUT2D eigenvalue weighted by Gasteiger charge is -2.32. The van der Waals surface area contributed by atoms with Crippen molar-refractivity contribution in [1.82, 2.24) is 0 Å². The quantitative estimate of drug-likeness (QED) is 0.516. The van der Waals surface area contributed by atoms with Crippen LogP contribution in [-0.4, -0.2) is 17.3 Å². The first-order chi connectivity index (χ1) is 9.44. The third kappa shape index (κ3) is 3.41. The highest BCUT2D eigenvalue weighted by Crippen LogP contribution is 2.49. The second-order valence-corrected chi connectivity index (χ2v) is 4.44. The highest BCUT2D eigenvalue weighted by Gasteiger charge is 2.70. The minimum atomic E-state index is -5.88. The van der Waals surface area contributed by atoms with Gasteiger partial charge >= 0.3 is 17.3 Å². The molecule has 0 amide bonds. The summed E-state index contributed by atoms with van der Waals surface area (Å²) in [6, 6.07) is 4.33. The minimum absolute atomic E-state index is 0.435. The van der Waals surface area contributed by atoms with Gasteiger partial charge in [0, 0.05) is 5.56 Å². The molecule has 0 aromatic heterocycles. The Hall–Kier alpha value is -1.47. The van der Waals surface area contributed by atoms with Crippen molar-refractivity contribution in [3.05, 3.63) is 35.1 Å². The van der Waals surface area contributed by atoms with E-state index >= 15 is 0 Å². The van der Waals surface area contributed by atoms with Gasteiger partial charge in [-0.1, -0.05) is 6.07 Å². The van der Waals surface area contributed by atoms with Gasteiger partial charge < -0.3 is 4.74 Å². The number of nitrogens with zero attached hydrogens (tertiary/aromatic N) is 1. The lowest BCUT2D eigenvalue weighted by atomic mass is 10.1. The smallest absolute Gasteiger partial charge is 0.344 e. The summed E-state index contributed by atoms with van der Waals surface area (Å²) in [7, 11) is 0. The molecule has 0 bridgehead atoms. The molecule has 0 aliphatic carbocycles. The second kappa shape index (κ2) is 5.73. The molecule has 21 heavy (non-hydrogen) atoms. The molecule has 0 spiro atoms. The largest absolute Gasteiger partial charge is 0.436 e. The van der Waals surface area contributed by atoms with Gasteiger partial charge in [0.05, 0.1) is 18.2 Å². The molecule has 2 nitrogen and oxygen atoms in total. The van der Waals surface area contributed by atoms with Crippen molar-refractivity contribution in [2.75, 3.05) is 0 Å². The van der Waals surface area contributed by atoms with Gasteiger partial charge in [0.25, 0.3) is 0 Å². The van der Waals surface area contributed by atoms with Crippen molar-refractivity contribution >= 4 is 12.6 Å². The summed E-state index contributed by atoms with van der Waals surface area (Å²) in [5.41, 5.74) is -1.15. The number of thiol groups is 1. The number of hydrogen-bond acceptors (Lipinski definition) is 3. The number of alkyl halides is 6. The molecule has 0 fully saturated rings. The third-order valence-electron chi connectivity index (χ3n) is 2.43. The average Bonchev–Trinajstić information content (AvgIpc) is 2.33. The number of nitriles is 1. The van der Waals surface area contributed by atoms with Crippen molar-refractivity contribution in [1.29, 1.82) is 5.26 Å². The fourth-order valence-corrected chi connectivity index (χ4v) is 1.38. The van der Waals surface area contributed by atoms with Crippen LogP contribution in [0.4, 0.5) is 30.7 Å². The molecule has 116 valence electrons. The molecule has 0 atom stereocenters. The van der Waals surface area contributed by atoms with Crippen LogP contribution in [0.1, 0.15) is 11.1 Å². The van der Waals surface area contributed by atoms with Crippen LogP contribution in [-0.2, 0) is 11.3 Å². The Morgan fingerprint density at radius 3 is 2.05 bits per heavy atom. The maximum atomic E-state index is 13.4. The molecule has 1 rings (SSSR count). The molecule has 0 unspecified atom stereocenters. The van der Waals surface area contributed by atoms with Gasteiger partial charge in [-0.25, -0.2) is 4.39 Å². The Labute approximate surface area is 119 Å². The molecule has 0 saturated carbocycles. The topological polar surface area (TPSA) is 33.0 Å². The van der Waals surface area contributed by atoms with Crippen LogP contribution in [0.5, 0.6) is 0 Å². The summed E-state index contributed by atoms with van der Waals surface area (Å²) in [5, 5.41) is 8.66. The van der Waals surface area contributed by atoms with E-state index in [1.165, 1.54) is 6.07 Å². The molecule has 1 aromatic rings. The van der Waals surface area contributed by atoms with Crippen molar-refractivity contribution in [3.8, 4) is 6.07 Å². The SMILES string of the molecule is N#Cc1cccc(F)c1COC(S)(C(F)(F)F)C(F)(F)F. The van der Waals surface area contributed by atoms with Gasteiger partial charge in [0.2, 0.25) is 0 Å². The van der Waals surface area contributed by atoms with Crippen LogP contribution in [0.3, 0.4) is 0 Å². The summed E-state index contributed by atoms with van der Waals surface area (Å²) in [4.78, 5) is -4.77. The first-order valence-electron chi connectivity index (χ1n) is 5.11. The van der Waals surface area contributed by atoms with Crippen molar-refractivity contribution in [2.45, 2.75) is 23.9 Å². The van der Waals surface area contributed by atoms with Crippen LogP contribution < -0.4 is 0 Å². The highest BCUT2D eigenvalue weighted by atomic mass is 32.1. The summed E-state index contributed by atoms with van der Waals surface area (Å²) >= 11 is 2.53. The number of hydrogen-bond donors (Lipinski definition) is 1. The van der Waals surface area contributed by atoms with E-state index in [-0.39, 0.29) is 0 Å². The normalized spacial score (nSPS) is 13.1. The van der Waals surface area contributed by atoms with E-state index in [1.807, 2.05) is 0 Å². The molecular weight excluding hydrogens is 327 g/mol. The van der Waals surface area contributed by atoms with Crippen LogP contribution >= 0.6 is 12.6 Å². The van der Waals surface area contributed by atoms with Crippen molar-refractivity contribution in [2.24, 2.45) is 0 Å². The molecule has 1 aromatic carbocycles. The van der Waals surface area contributed by atoms with Crippen molar-refractivity contribution < 1.29 is 35.5 Å². The first kappa shape index (κ1) is 17.6. The van der Waals surface area contributed by atoms with Gasteiger partial charge in [-0.2, -0.15) is 31.6 Å². The van der Waals surface area contributed by atoms with Gasteiger partial charge in [0.15, 0.2) is 0 Å². The number of ether oxygens (including phenoxy) is 1. The predicted octanol–water partition coefficient (Wildman–Crippen LogP) is 3.96. The Kier molecular flexibility index (Phi) is 4.80. The van der Waals surface area contributed by atoms with Gasteiger partial charge in [-0.3, -0.25) is 0 Å². The summed E-state index contributed by atoms with van der Waals surface area (Å²) in [6.45, 7) is -1.42. The van der Waals surface area contributed by atoms with Gasteiger partial charge in [-0.05, 0) is 12.1 Å². The molecule has 0 aliphatic rings. The Bertz CT molecular complexity index is 547. The van der Waals surface area contributed by atoms with E-state index in [0.717, 1.165) is 18.2 Å². The fraction of sp³-hybridized carbons (Fsp3) is 0.364. The maximum absolute atomic E-state index is 13.4.